The molecule has 0 spiro atoms. The van der Waals surface area contributed by atoms with Gasteiger partial charge in [0.15, 0.2) is 0 Å². The molecule has 1 aromatic rings. The van der Waals surface area contributed by atoms with Gasteiger partial charge in [-0.3, -0.25) is 0 Å². The lowest BCUT2D eigenvalue weighted by molar-refractivity contribution is -0.135. The van der Waals surface area contributed by atoms with Crippen molar-refractivity contribution in [2.75, 3.05) is 0 Å². The van der Waals surface area contributed by atoms with E-state index in [1.807, 2.05) is 6.92 Å². The number of ether oxygens (including phenoxy) is 1. The van der Waals surface area contributed by atoms with Crippen molar-refractivity contribution in [1.29, 1.82) is 0 Å². The lowest BCUT2D eigenvalue weighted by Crippen LogP contribution is -2.30. The minimum Gasteiger partial charge on any atom is -0.425 e. The normalized spacial score (nSPS) is 12.3. The van der Waals surface area contributed by atoms with E-state index in [-0.39, 0.29) is 0 Å². The highest BCUT2D eigenvalue weighted by atomic mass is 35.5. The molecule has 0 heterocycles. The van der Waals surface area contributed by atoms with Crippen molar-refractivity contribution in [2.45, 2.75) is 19.9 Å². The first kappa shape index (κ1) is 11.0. The van der Waals surface area contributed by atoms with Crippen LogP contribution in [0.15, 0.2) is 18.2 Å². The summed E-state index contributed by atoms with van der Waals surface area (Å²) in [5, 5.41) is 0.569. The first-order chi connectivity index (χ1) is 6.50. The lowest BCUT2D eigenvalue weighted by atomic mass is 10.2. The van der Waals surface area contributed by atoms with Crippen molar-refractivity contribution < 1.29 is 9.53 Å². The summed E-state index contributed by atoms with van der Waals surface area (Å²) < 4.78 is 4.96. The van der Waals surface area contributed by atoms with Gasteiger partial charge in [0, 0.05) is 5.02 Å². The molecule has 4 heteroatoms. The molecule has 76 valence electrons. The predicted octanol–water partition coefficient (Wildman–Crippen LogP) is 1.90. The predicted molar refractivity (Wildman–Crippen MR) is 55.5 cm³/mol. The van der Waals surface area contributed by atoms with Crippen molar-refractivity contribution in [2.24, 2.45) is 5.73 Å². The van der Waals surface area contributed by atoms with E-state index in [2.05, 4.69) is 0 Å². The van der Waals surface area contributed by atoms with E-state index < -0.39 is 12.0 Å². The molecule has 0 amide bonds. The minimum absolute atomic E-state index is 0.419. The van der Waals surface area contributed by atoms with E-state index in [0.717, 1.165) is 5.56 Å². The second-order valence-corrected chi connectivity index (χ2v) is 3.53. The number of aryl methyl sites for hydroxylation is 1. The second-order valence-electron chi connectivity index (χ2n) is 3.12. The molecule has 2 N–H and O–H groups in total. The Balaban J connectivity index is 2.78. The molecule has 0 unspecified atom stereocenters. The number of carbonyl (C=O) groups is 1. The van der Waals surface area contributed by atoms with Gasteiger partial charge in [0.25, 0.3) is 0 Å². The number of carbonyl (C=O) groups excluding carboxylic acids is 1. The van der Waals surface area contributed by atoms with Crippen molar-refractivity contribution >= 4 is 17.6 Å². The Hall–Kier alpha value is -1.06. The summed E-state index contributed by atoms with van der Waals surface area (Å²) >= 11 is 5.85. The van der Waals surface area contributed by atoms with E-state index in [1.54, 1.807) is 25.1 Å². The average molecular weight is 214 g/mol. The van der Waals surface area contributed by atoms with Gasteiger partial charge < -0.3 is 10.5 Å². The van der Waals surface area contributed by atoms with Crippen LogP contribution in [0, 0.1) is 6.92 Å². The number of nitrogens with two attached hydrogens (primary N) is 1. The van der Waals surface area contributed by atoms with Gasteiger partial charge in [-0.05, 0) is 31.5 Å². The summed E-state index contributed by atoms with van der Waals surface area (Å²) in [5.74, 6) is -0.0483. The van der Waals surface area contributed by atoms with Crippen LogP contribution in [0.25, 0.3) is 0 Å². The molecular formula is C10H12ClNO2. The molecule has 0 saturated carbocycles. The molecule has 1 aromatic carbocycles. The van der Waals surface area contributed by atoms with Crippen LogP contribution in [0.1, 0.15) is 12.5 Å². The highest BCUT2D eigenvalue weighted by molar-refractivity contribution is 6.31. The van der Waals surface area contributed by atoms with Crippen LogP contribution in [0.3, 0.4) is 0 Å². The first-order valence-electron chi connectivity index (χ1n) is 4.24. The number of benzene rings is 1. The number of rotatable bonds is 2. The maximum atomic E-state index is 11.1. The first-order valence-corrected chi connectivity index (χ1v) is 4.62. The van der Waals surface area contributed by atoms with E-state index in [1.165, 1.54) is 0 Å². The van der Waals surface area contributed by atoms with Crippen molar-refractivity contribution in [3.8, 4) is 5.75 Å². The highest BCUT2D eigenvalue weighted by Gasteiger charge is 2.10. The summed E-state index contributed by atoms with van der Waals surface area (Å²) in [6, 6.07) is 4.43. The number of halogens is 1. The molecule has 0 bridgehead atoms. The third-order valence-corrected chi connectivity index (χ3v) is 2.14. The topological polar surface area (TPSA) is 52.3 Å². The quantitative estimate of drug-likeness (QED) is 0.603. The van der Waals surface area contributed by atoms with Crippen LogP contribution < -0.4 is 10.5 Å². The Morgan fingerprint density at radius 3 is 2.71 bits per heavy atom. The Bertz CT molecular complexity index is 350. The van der Waals surface area contributed by atoms with Gasteiger partial charge in [0.1, 0.15) is 11.8 Å². The molecule has 3 nitrogen and oxygen atoms in total. The molecule has 0 saturated heterocycles. The molecule has 0 aromatic heterocycles. The smallest absolute Gasteiger partial charge is 0.328 e. The second kappa shape index (κ2) is 4.44. The fraction of sp³-hybridized carbons (Fsp3) is 0.300. The van der Waals surface area contributed by atoms with E-state index in [4.69, 9.17) is 22.1 Å². The summed E-state index contributed by atoms with van der Waals surface area (Å²) in [7, 11) is 0. The number of esters is 1. The third-order valence-electron chi connectivity index (χ3n) is 1.73. The average Bonchev–Trinajstić information content (AvgIpc) is 2.11. The molecule has 1 rings (SSSR count). The van der Waals surface area contributed by atoms with Gasteiger partial charge in [0.05, 0.1) is 0 Å². The Morgan fingerprint density at radius 1 is 1.57 bits per heavy atom. The maximum absolute atomic E-state index is 11.1. The third kappa shape index (κ3) is 2.72. The zero-order chi connectivity index (χ0) is 10.7. The molecule has 0 aliphatic carbocycles. The molecule has 0 aliphatic heterocycles. The monoisotopic (exact) mass is 213 g/mol. The van der Waals surface area contributed by atoms with Gasteiger partial charge in [-0.2, -0.15) is 0 Å². The van der Waals surface area contributed by atoms with Gasteiger partial charge >= 0.3 is 5.97 Å². The van der Waals surface area contributed by atoms with Crippen LogP contribution in [0.4, 0.5) is 0 Å². The Labute approximate surface area is 87.8 Å². The maximum Gasteiger partial charge on any atom is 0.328 e. The van der Waals surface area contributed by atoms with E-state index in [9.17, 15) is 4.79 Å². The van der Waals surface area contributed by atoms with Crippen LogP contribution in [-0.2, 0) is 4.79 Å². The van der Waals surface area contributed by atoms with Crippen LogP contribution in [0.2, 0.25) is 5.02 Å². The zero-order valence-corrected chi connectivity index (χ0v) is 8.84. The van der Waals surface area contributed by atoms with Gasteiger partial charge in [-0.1, -0.05) is 17.7 Å². The largest absolute Gasteiger partial charge is 0.425 e. The molecule has 0 aliphatic rings. The van der Waals surface area contributed by atoms with Gasteiger partial charge in [-0.25, -0.2) is 4.79 Å². The van der Waals surface area contributed by atoms with E-state index in [0.29, 0.717) is 10.8 Å². The van der Waals surface area contributed by atoms with Crippen LogP contribution in [0.5, 0.6) is 5.75 Å². The Morgan fingerprint density at radius 2 is 2.21 bits per heavy atom. The summed E-state index contributed by atoms with van der Waals surface area (Å²) in [4.78, 5) is 11.1. The molecule has 14 heavy (non-hydrogen) atoms. The summed E-state index contributed by atoms with van der Waals surface area (Å²) in [6.07, 6.45) is 0. The molecular weight excluding hydrogens is 202 g/mol. The molecule has 0 fully saturated rings. The number of hydrogen-bond donors (Lipinski definition) is 1. The summed E-state index contributed by atoms with van der Waals surface area (Å²) in [5.41, 5.74) is 6.28. The van der Waals surface area contributed by atoms with Gasteiger partial charge in [-0.15, -0.1) is 0 Å². The Kier molecular flexibility index (Phi) is 3.49. The minimum atomic E-state index is -0.630. The van der Waals surface area contributed by atoms with Crippen LogP contribution >= 0.6 is 11.6 Å². The molecule has 0 radical (unpaired) electrons. The fourth-order valence-corrected chi connectivity index (χ4v) is 1.02. The van der Waals surface area contributed by atoms with E-state index >= 15 is 0 Å². The van der Waals surface area contributed by atoms with Gasteiger partial charge in [0.2, 0.25) is 0 Å². The van der Waals surface area contributed by atoms with Crippen molar-refractivity contribution in [1.82, 2.24) is 0 Å². The SMILES string of the molecule is Cc1ccc(OC(=O)[C@H](C)N)cc1Cl. The zero-order valence-electron chi connectivity index (χ0n) is 8.08. The molecule has 1 atom stereocenters. The number of hydrogen-bond acceptors (Lipinski definition) is 3. The highest BCUT2D eigenvalue weighted by Crippen LogP contribution is 2.21. The van der Waals surface area contributed by atoms with Crippen LogP contribution in [-0.4, -0.2) is 12.0 Å². The lowest BCUT2D eigenvalue weighted by Gasteiger charge is -2.07. The fourth-order valence-electron chi connectivity index (χ4n) is 0.846. The summed E-state index contributed by atoms with van der Waals surface area (Å²) in [6.45, 7) is 3.44. The van der Waals surface area contributed by atoms with Crippen molar-refractivity contribution in [3.63, 3.8) is 0 Å². The standard InChI is InChI=1S/C10H12ClNO2/c1-6-3-4-8(5-9(6)11)14-10(13)7(2)12/h3-5,7H,12H2,1-2H3/t7-/m0/s1. The van der Waals surface area contributed by atoms with Crippen molar-refractivity contribution in [3.05, 3.63) is 28.8 Å².